The topological polar surface area (TPSA) is 52.6 Å². The minimum atomic E-state index is -0.140. The first-order chi connectivity index (χ1) is 10.4. The molecule has 0 radical (unpaired) electrons. The van der Waals surface area contributed by atoms with Gasteiger partial charge in [0.2, 0.25) is 0 Å². The van der Waals surface area contributed by atoms with E-state index in [0.717, 1.165) is 37.7 Å². The lowest BCUT2D eigenvalue weighted by Gasteiger charge is -2.56. The van der Waals surface area contributed by atoms with Crippen LogP contribution in [0, 0.1) is 22.7 Å². The number of carbonyl (C=O) groups excluding carboxylic acids is 2. The number of ether oxygens (including phenoxy) is 2. The number of rotatable bonds is 3. The molecule has 4 nitrogen and oxygen atoms in total. The van der Waals surface area contributed by atoms with E-state index in [0.29, 0.717) is 24.9 Å². The molecule has 22 heavy (non-hydrogen) atoms. The van der Waals surface area contributed by atoms with Crippen molar-refractivity contribution in [2.24, 2.45) is 22.7 Å². The summed E-state index contributed by atoms with van der Waals surface area (Å²) in [6.45, 7) is 5.13. The van der Waals surface area contributed by atoms with Crippen molar-refractivity contribution in [3.05, 3.63) is 11.6 Å². The first-order valence-corrected chi connectivity index (χ1v) is 8.38. The molecule has 1 heterocycles. The Morgan fingerprint density at radius 2 is 2.23 bits per heavy atom. The monoisotopic (exact) mass is 306 g/mol. The Morgan fingerprint density at radius 1 is 1.45 bits per heavy atom. The molecule has 2 aliphatic carbocycles. The van der Waals surface area contributed by atoms with Crippen LogP contribution in [0.3, 0.4) is 0 Å². The fourth-order valence-corrected chi connectivity index (χ4v) is 5.18. The van der Waals surface area contributed by atoms with Crippen LogP contribution in [0.5, 0.6) is 0 Å². The highest BCUT2D eigenvalue weighted by atomic mass is 16.5. The number of esters is 2. The number of methoxy groups -OCH3 is 1. The maximum absolute atomic E-state index is 12.1. The third kappa shape index (κ3) is 2.10. The molecule has 4 heteroatoms. The molecule has 3 aliphatic rings. The summed E-state index contributed by atoms with van der Waals surface area (Å²) in [5.74, 6) is 0.704. The van der Waals surface area contributed by atoms with E-state index in [1.165, 1.54) is 7.11 Å². The van der Waals surface area contributed by atoms with Gasteiger partial charge >= 0.3 is 11.9 Å². The normalized spacial score (nSPS) is 40.3. The van der Waals surface area contributed by atoms with Gasteiger partial charge in [0.15, 0.2) is 0 Å². The van der Waals surface area contributed by atoms with E-state index in [9.17, 15) is 9.59 Å². The summed E-state index contributed by atoms with van der Waals surface area (Å²) in [6.07, 6.45) is 7.53. The van der Waals surface area contributed by atoms with Gasteiger partial charge in [-0.15, -0.1) is 0 Å². The minimum Gasteiger partial charge on any atom is -0.469 e. The van der Waals surface area contributed by atoms with Crippen molar-refractivity contribution in [3.63, 3.8) is 0 Å². The van der Waals surface area contributed by atoms with Crippen molar-refractivity contribution in [2.45, 2.75) is 52.4 Å². The maximum Gasteiger partial charge on any atom is 0.334 e. The van der Waals surface area contributed by atoms with Crippen molar-refractivity contribution in [1.82, 2.24) is 0 Å². The predicted octanol–water partition coefficient (Wildman–Crippen LogP) is 3.26. The van der Waals surface area contributed by atoms with Crippen LogP contribution in [0.1, 0.15) is 52.4 Å². The average Bonchev–Trinajstić information content (AvgIpc) is 2.86. The molecular weight excluding hydrogens is 280 g/mol. The molecule has 3 rings (SSSR count). The molecule has 0 amide bonds. The van der Waals surface area contributed by atoms with E-state index in [1.807, 2.05) is 0 Å². The Balaban J connectivity index is 1.92. The second-order valence-electron chi connectivity index (χ2n) is 7.50. The third-order valence-corrected chi connectivity index (χ3v) is 6.73. The van der Waals surface area contributed by atoms with Gasteiger partial charge in [-0.3, -0.25) is 4.79 Å². The highest BCUT2D eigenvalue weighted by Gasteiger charge is 2.60. The largest absolute Gasteiger partial charge is 0.469 e. The van der Waals surface area contributed by atoms with Crippen LogP contribution in [0.2, 0.25) is 0 Å². The molecule has 1 saturated heterocycles. The molecule has 1 saturated carbocycles. The first-order valence-electron chi connectivity index (χ1n) is 8.38. The summed E-state index contributed by atoms with van der Waals surface area (Å²) in [5.41, 5.74) is 0.868. The van der Waals surface area contributed by atoms with Crippen molar-refractivity contribution in [1.29, 1.82) is 0 Å². The fraction of sp³-hybridized carbons (Fsp3) is 0.778. The molecule has 0 aromatic carbocycles. The van der Waals surface area contributed by atoms with Gasteiger partial charge in [-0.2, -0.15) is 0 Å². The van der Waals surface area contributed by atoms with E-state index in [-0.39, 0.29) is 22.8 Å². The molecule has 1 aliphatic heterocycles. The van der Waals surface area contributed by atoms with Crippen LogP contribution in [0.4, 0.5) is 0 Å². The molecule has 2 fully saturated rings. The zero-order valence-corrected chi connectivity index (χ0v) is 13.8. The lowest BCUT2D eigenvalue weighted by Crippen LogP contribution is -2.51. The zero-order valence-electron chi connectivity index (χ0n) is 13.8. The molecule has 0 aromatic rings. The Hall–Kier alpha value is -1.32. The minimum absolute atomic E-state index is 0.0555. The van der Waals surface area contributed by atoms with Gasteiger partial charge in [-0.1, -0.05) is 19.9 Å². The van der Waals surface area contributed by atoms with Crippen molar-refractivity contribution in [3.8, 4) is 0 Å². The Labute approximate surface area is 132 Å². The molecule has 122 valence electrons. The molecule has 0 bridgehead atoms. The van der Waals surface area contributed by atoms with Gasteiger partial charge in [0.1, 0.15) is 6.61 Å². The van der Waals surface area contributed by atoms with Gasteiger partial charge < -0.3 is 9.47 Å². The van der Waals surface area contributed by atoms with Gasteiger partial charge in [0.25, 0.3) is 0 Å². The van der Waals surface area contributed by atoms with Crippen LogP contribution in [-0.2, 0) is 19.1 Å². The fourth-order valence-electron chi connectivity index (χ4n) is 5.18. The first kappa shape index (κ1) is 15.6. The maximum atomic E-state index is 12.1. The highest BCUT2D eigenvalue weighted by molar-refractivity contribution is 5.92. The van der Waals surface area contributed by atoms with Crippen molar-refractivity contribution in [2.75, 3.05) is 13.7 Å². The van der Waals surface area contributed by atoms with Crippen molar-refractivity contribution >= 4 is 11.9 Å². The Bertz CT molecular complexity index is 523. The number of carbonyl (C=O) groups is 2. The van der Waals surface area contributed by atoms with Crippen LogP contribution in [0.25, 0.3) is 0 Å². The summed E-state index contributed by atoms with van der Waals surface area (Å²) < 4.78 is 10.3. The second-order valence-corrected chi connectivity index (χ2v) is 7.50. The molecule has 4 atom stereocenters. The number of hydrogen-bond acceptors (Lipinski definition) is 4. The second kappa shape index (κ2) is 5.39. The zero-order chi connectivity index (χ0) is 16.0. The summed E-state index contributed by atoms with van der Waals surface area (Å²) in [4.78, 5) is 23.7. The lowest BCUT2D eigenvalue weighted by molar-refractivity contribution is -0.143. The summed E-state index contributed by atoms with van der Waals surface area (Å²) in [7, 11) is 1.45. The van der Waals surface area contributed by atoms with Crippen LogP contribution < -0.4 is 0 Å². The van der Waals surface area contributed by atoms with E-state index in [4.69, 9.17) is 9.47 Å². The Kier molecular flexibility index (Phi) is 3.82. The quantitative estimate of drug-likeness (QED) is 0.751. The summed E-state index contributed by atoms with van der Waals surface area (Å²) in [6, 6.07) is 0. The van der Waals surface area contributed by atoms with E-state index in [2.05, 4.69) is 19.9 Å². The van der Waals surface area contributed by atoms with E-state index >= 15 is 0 Å². The van der Waals surface area contributed by atoms with Crippen LogP contribution >= 0.6 is 0 Å². The molecule has 0 aromatic heterocycles. The van der Waals surface area contributed by atoms with Crippen molar-refractivity contribution < 1.29 is 19.1 Å². The lowest BCUT2D eigenvalue weighted by atomic mass is 9.47. The number of cyclic esters (lactones) is 1. The predicted molar refractivity (Wildman–Crippen MR) is 82.0 cm³/mol. The van der Waals surface area contributed by atoms with Gasteiger partial charge in [-0.25, -0.2) is 4.79 Å². The molecule has 4 unspecified atom stereocenters. The number of hydrogen-bond donors (Lipinski definition) is 0. The number of allylic oxidation sites excluding steroid dienone is 1. The van der Waals surface area contributed by atoms with E-state index < -0.39 is 0 Å². The SMILES string of the molecule is COC(=O)CCC1(C)C(C)CCC23COC(=O)C2=CCCC31. The summed E-state index contributed by atoms with van der Waals surface area (Å²) in [5, 5.41) is 0. The molecule has 0 N–H and O–H groups in total. The standard InChI is InChI=1S/C18H26O4/c1-12-7-10-18-11-22-16(20)13(18)5-4-6-14(18)17(12,2)9-8-15(19)21-3/h5,12,14H,4,6-11H2,1-3H3. The van der Waals surface area contributed by atoms with Crippen LogP contribution in [0.15, 0.2) is 11.6 Å². The Morgan fingerprint density at radius 3 is 2.95 bits per heavy atom. The smallest absolute Gasteiger partial charge is 0.334 e. The molecular formula is C18H26O4. The van der Waals surface area contributed by atoms with Gasteiger partial charge in [0, 0.05) is 17.4 Å². The molecule has 1 spiro atoms. The highest BCUT2D eigenvalue weighted by Crippen LogP contribution is 2.63. The summed E-state index contributed by atoms with van der Waals surface area (Å²) >= 11 is 0. The van der Waals surface area contributed by atoms with Gasteiger partial charge in [0.05, 0.1) is 7.11 Å². The van der Waals surface area contributed by atoms with Crippen LogP contribution in [-0.4, -0.2) is 25.7 Å². The average molecular weight is 306 g/mol. The third-order valence-electron chi connectivity index (χ3n) is 6.73. The van der Waals surface area contributed by atoms with Gasteiger partial charge in [-0.05, 0) is 49.4 Å². The van der Waals surface area contributed by atoms with E-state index in [1.54, 1.807) is 0 Å².